The first-order valence-electron chi connectivity index (χ1n) is 10.8. The van der Waals surface area contributed by atoms with Crippen molar-refractivity contribution in [3.05, 3.63) is 52.8 Å². The second kappa shape index (κ2) is 12.3. The van der Waals surface area contributed by atoms with E-state index in [1.54, 1.807) is 0 Å². The molecule has 6 nitrogen and oxygen atoms in total. The van der Waals surface area contributed by atoms with Gasteiger partial charge in [-0.15, -0.1) is 24.0 Å². The van der Waals surface area contributed by atoms with E-state index in [0.29, 0.717) is 12.5 Å². The number of aliphatic imine (C=N–C) groups is 1. The van der Waals surface area contributed by atoms with Crippen molar-refractivity contribution in [1.29, 1.82) is 0 Å². The molecule has 0 saturated carbocycles. The van der Waals surface area contributed by atoms with Gasteiger partial charge in [0, 0.05) is 44.5 Å². The molecule has 1 atom stereocenters. The third kappa shape index (κ3) is 6.97. The molecule has 0 aliphatic carbocycles. The number of aromatic nitrogens is 2. The van der Waals surface area contributed by atoms with Gasteiger partial charge in [0.05, 0.1) is 12.2 Å². The van der Waals surface area contributed by atoms with Gasteiger partial charge in [0.25, 0.3) is 0 Å². The average Bonchev–Trinajstić information content (AvgIpc) is 3.28. The maximum absolute atomic E-state index is 4.80. The van der Waals surface area contributed by atoms with Gasteiger partial charge in [-0.3, -0.25) is 4.68 Å². The van der Waals surface area contributed by atoms with Gasteiger partial charge in [-0.2, -0.15) is 5.10 Å². The van der Waals surface area contributed by atoms with E-state index in [0.717, 1.165) is 37.7 Å². The lowest BCUT2D eigenvalue weighted by Crippen LogP contribution is -2.40. The van der Waals surface area contributed by atoms with Gasteiger partial charge in [-0.05, 0) is 51.6 Å². The van der Waals surface area contributed by atoms with E-state index in [4.69, 9.17) is 4.99 Å². The molecule has 2 aromatic rings. The van der Waals surface area contributed by atoms with Crippen LogP contribution in [0.1, 0.15) is 35.9 Å². The number of aryl methyl sites for hydroxylation is 2. The number of hydrogen-bond donors (Lipinski definition) is 2. The van der Waals surface area contributed by atoms with Crippen LogP contribution in [0.2, 0.25) is 0 Å². The summed E-state index contributed by atoms with van der Waals surface area (Å²) in [5.41, 5.74) is 4.90. The van der Waals surface area contributed by atoms with E-state index >= 15 is 0 Å². The molecule has 1 saturated heterocycles. The lowest BCUT2D eigenvalue weighted by atomic mass is 10.1. The number of nitrogens with zero attached hydrogens (tertiary/aromatic N) is 4. The van der Waals surface area contributed by atoms with E-state index < -0.39 is 0 Å². The van der Waals surface area contributed by atoms with Crippen LogP contribution in [0.5, 0.6) is 0 Å². The van der Waals surface area contributed by atoms with Gasteiger partial charge in [0.1, 0.15) is 0 Å². The Bertz CT molecular complexity index is 802. The predicted molar refractivity (Wildman–Crippen MR) is 136 cm³/mol. The highest BCUT2D eigenvalue weighted by molar-refractivity contribution is 14.0. The number of hydrogen-bond acceptors (Lipinski definition) is 3. The fraction of sp³-hybridized carbons (Fsp3) is 0.565. The van der Waals surface area contributed by atoms with Crippen LogP contribution in [0.3, 0.4) is 0 Å². The molecule has 3 rings (SSSR count). The number of nitrogens with one attached hydrogen (secondary N) is 2. The van der Waals surface area contributed by atoms with Crippen LogP contribution in [0.4, 0.5) is 0 Å². The third-order valence-corrected chi connectivity index (χ3v) is 5.89. The molecule has 1 aromatic carbocycles. The van der Waals surface area contributed by atoms with Crippen LogP contribution >= 0.6 is 24.0 Å². The second-order valence-corrected chi connectivity index (χ2v) is 8.04. The van der Waals surface area contributed by atoms with E-state index in [1.807, 2.05) is 11.7 Å². The van der Waals surface area contributed by atoms with E-state index in [2.05, 4.69) is 71.7 Å². The van der Waals surface area contributed by atoms with E-state index in [9.17, 15) is 0 Å². The molecule has 0 spiro atoms. The van der Waals surface area contributed by atoms with Crippen molar-refractivity contribution in [3.63, 3.8) is 0 Å². The molecule has 1 aliphatic rings. The van der Waals surface area contributed by atoms with Gasteiger partial charge in [0.2, 0.25) is 0 Å². The topological polar surface area (TPSA) is 57.5 Å². The van der Waals surface area contributed by atoms with E-state index in [1.165, 1.54) is 36.3 Å². The fourth-order valence-corrected chi connectivity index (χ4v) is 4.00. The Morgan fingerprint density at radius 2 is 1.97 bits per heavy atom. The van der Waals surface area contributed by atoms with Crippen LogP contribution in [0.25, 0.3) is 0 Å². The molecule has 1 aromatic heterocycles. The molecule has 0 bridgehead atoms. The highest BCUT2D eigenvalue weighted by atomic mass is 127. The van der Waals surface area contributed by atoms with Gasteiger partial charge in [-0.1, -0.05) is 30.3 Å². The quantitative estimate of drug-likeness (QED) is 0.316. The Morgan fingerprint density at radius 1 is 1.20 bits per heavy atom. The lowest BCUT2D eigenvalue weighted by Gasteiger charge is -2.17. The second-order valence-electron chi connectivity index (χ2n) is 8.04. The predicted octanol–water partition coefficient (Wildman–Crippen LogP) is 3.27. The minimum absolute atomic E-state index is 0. The SMILES string of the molecule is CCNC(=NCc1c(C)nn(C)c1C)NCC1CCN(CCc2ccccc2)C1.I. The lowest BCUT2D eigenvalue weighted by molar-refractivity contribution is 0.328. The first kappa shape index (κ1) is 24.7. The number of benzene rings is 1. The van der Waals surface area contributed by atoms with Crippen molar-refractivity contribution in [2.24, 2.45) is 18.0 Å². The summed E-state index contributed by atoms with van der Waals surface area (Å²) in [6.45, 7) is 12.3. The molecule has 1 aliphatic heterocycles. The minimum Gasteiger partial charge on any atom is -0.357 e. The van der Waals surface area contributed by atoms with Crippen molar-refractivity contribution in [2.75, 3.05) is 32.7 Å². The molecule has 0 radical (unpaired) electrons. The highest BCUT2D eigenvalue weighted by Gasteiger charge is 2.22. The summed E-state index contributed by atoms with van der Waals surface area (Å²) in [7, 11) is 1.99. The Morgan fingerprint density at radius 3 is 2.63 bits per heavy atom. The molecule has 1 unspecified atom stereocenters. The smallest absolute Gasteiger partial charge is 0.191 e. The number of likely N-dealkylation sites (tertiary alicyclic amines) is 1. The molecule has 1 fully saturated rings. The maximum atomic E-state index is 4.80. The summed E-state index contributed by atoms with van der Waals surface area (Å²) in [4.78, 5) is 7.39. The third-order valence-electron chi connectivity index (χ3n) is 5.89. The zero-order valence-corrected chi connectivity index (χ0v) is 21.1. The molecule has 2 heterocycles. The Balaban J connectivity index is 0.00000320. The van der Waals surface area contributed by atoms with Gasteiger partial charge < -0.3 is 15.5 Å². The summed E-state index contributed by atoms with van der Waals surface area (Å²) < 4.78 is 1.93. The zero-order chi connectivity index (χ0) is 20.6. The van der Waals surface area contributed by atoms with Crippen LogP contribution in [0, 0.1) is 19.8 Å². The minimum atomic E-state index is 0. The van der Waals surface area contributed by atoms with Crippen molar-refractivity contribution >= 4 is 29.9 Å². The van der Waals surface area contributed by atoms with Crippen molar-refractivity contribution in [1.82, 2.24) is 25.3 Å². The Hall–Kier alpha value is -1.61. The zero-order valence-electron chi connectivity index (χ0n) is 18.8. The maximum Gasteiger partial charge on any atom is 0.191 e. The van der Waals surface area contributed by atoms with Crippen LogP contribution < -0.4 is 10.6 Å². The first-order valence-corrected chi connectivity index (χ1v) is 10.8. The average molecular weight is 524 g/mol. The monoisotopic (exact) mass is 524 g/mol. The molecule has 30 heavy (non-hydrogen) atoms. The number of rotatable bonds is 8. The van der Waals surface area contributed by atoms with Crippen molar-refractivity contribution < 1.29 is 0 Å². The first-order chi connectivity index (χ1) is 14.1. The van der Waals surface area contributed by atoms with Gasteiger partial charge in [-0.25, -0.2) is 4.99 Å². The molecule has 2 N–H and O–H groups in total. The molecular formula is C23H37IN6. The summed E-state index contributed by atoms with van der Waals surface area (Å²) in [6, 6.07) is 10.8. The van der Waals surface area contributed by atoms with Crippen LogP contribution in [-0.2, 0) is 20.0 Å². The van der Waals surface area contributed by atoms with Gasteiger partial charge in [0.15, 0.2) is 5.96 Å². The summed E-state index contributed by atoms with van der Waals surface area (Å²) in [6.07, 6.45) is 2.39. The normalized spacial score (nSPS) is 17.1. The fourth-order valence-electron chi connectivity index (χ4n) is 4.00. The standard InChI is InChI=1S/C23H36N6.HI/c1-5-24-23(26-16-22-18(2)27-28(4)19(22)3)25-15-21-12-14-29(17-21)13-11-20-9-7-6-8-10-20;/h6-10,21H,5,11-17H2,1-4H3,(H2,24,25,26);1H. The van der Waals surface area contributed by atoms with Crippen molar-refractivity contribution in [3.8, 4) is 0 Å². The molecular weight excluding hydrogens is 487 g/mol. The van der Waals surface area contributed by atoms with Gasteiger partial charge >= 0.3 is 0 Å². The van der Waals surface area contributed by atoms with E-state index in [-0.39, 0.29) is 24.0 Å². The summed E-state index contributed by atoms with van der Waals surface area (Å²) >= 11 is 0. The number of halogens is 1. The van der Waals surface area contributed by atoms with Crippen LogP contribution in [-0.4, -0.2) is 53.4 Å². The number of guanidine groups is 1. The van der Waals surface area contributed by atoms with Crippen LogP contribution in [0.15, 0.2) is 35.3 Å². The largest absolute Gasteiger partial charge is 0.357 e. The molecule has 166 valence electrons. The summed E-state index contributed by atoms with van der Waals surface area (Å²) in [5, 5.41) is 11.4. The Kier molecular flexibility index (Phi) is 10.1. The highest BCUT2D eigenvalue weighted by Crippen LogP contribution is 2.16. The molecule has 7 heteroatoms. The van der Waals surface area contributed by atoms with Crippen molar-refractivity contribution in [2.45, 2.75) is 40.2 Å². The summed E-state index contributed by atoms with van der Waals surface area (Å²) in [5.74, 6) is 1.58. The Labute approximate surface area is 198 Å². The molecule has 0 amide bonds.